The van der Waals surface area contributed by atoms with Gasteiger partial charge in [0.1, 0.15) is 13.1 Å². The number of hydrogen-bond donors (Lipinski definition) is 2. The number of carbonyl (C=O) groups excluding carboxylic acids is 1. The van der Waals surface area contributed by atoms with Crippen LogP contribution in [0.15, 0.2) is 0 Å². The van der Waals surface area contributed by atoms with E-state index >= 15 is 0 Å². The first kappa shape index (κ1) is 17.2. The van der Waals surface area contributed by atoms with Gasteiger partial charge in [-0.1, -0.05) is 6.92 Å². The first-order chi connectivity index (χ1) is 9.85. The summed E-state index contributed by atoms with van der Waals surface area (Å²) in [6.07, 6.45) is 2.07. The molecule has 8 nitrogen and oxygen atoms in total. The standard InChI is InChI=1S/C13H23N3O5/c1-3-15-6-4-5-10(15)7-14(2)13(21)16(8-11(17)18)9-12(19)20/h10H,3-9H2,1-2H3,(H,17,18)(H,19,20). The molecule has 2 amide bonds. The number of likely N-dealkylation sites (N-methyl/N-ethyl adjacent to an activating group) is 2. The molecule has 21 heavy (non-hydrogen) atoms. The van der Waals surface area contributed by atoms with Crippen LogP contribution in [0.4, 0.5) is 4.79 Å². The van der Waals surface area contributed by atoms with Gasteiger partial charge in [0.15, 0.2) is 0 Å². The van der Waals surface area contributed by atoms with E-state index < -0.39 is 31.1 Å². The van der Waals surface area contributed by atoms with E-state index in [0.717, 1.165) is 30.8 Å². The third kappa shape index (κ3) is 5.22. The number of aliphatic carboxylic acids is 2. The fraction of sp³-hybridized carbons (Fsp3) is 0.769. The lowest BCUT2D eigenvalue weighted by Crippen LogP contribution is -2.49. The minimum atomic E-state index is -1.23. The highest BCUT2D eigenvalue weighted by Gasteiger charge is 2.28. The number of nitrogens with zero attached hydrogens (tertiary/aromatic N) is 3. The molecule has 120 valence electrons. The highest BCUT2D eigenvalue weighted by atomic mass is 16.4. The smallest absolute Gasteiger partial charge is 0.323 e. The van der Waals surface area contributed by atoms with E-state index in [1.807, 2.05) is 0 Å². The predicted molar refractivity (Wildman–Crippen MR) is 75.1 cm³/mol. The van der Waals surface area contributed by atoms with Crippen molar-refractivity contribution in [1.29, 1.82) is 0 Å². The lowest BCUT2D eigenvalue weighted by Gasteiger charge is -2.30. The van der Waals surface area contributed by atoms with Gasteiger partial charge in [-0.2, -0.15) is 0 Å². The lowest BCUT2D eigenvalue weighted by atomic mass is 10.2. The third-order valence-electron chi connectivity index (χ3n) is 3.64. The summed E-state index contributed by atoms with van der Waals surface area (Å²) in [5.74, 6) is -2.46. The van der Waals surface area contributed by atoms with Gasteiger partial charge in [0.2, 0.25) is 0 Å². The van der Waals surface area contributed by atoms with Crippen LogP contribution in [0.25, 0.3) is 0 Å². The first-order valence-electron chi connectivity index (χ1n) is 7.02. The van der Waals surface area contributed by atoms with Crippen molar-refractivity contribution in [3.63, 3.8) is 0 Å². The summed E-state index contributed by atoms with van der Waals surface area (Å²) in [6, 6.07) is -0.316. The molecular formula is C13H23N3O5. The maximum Gasteiger partial charge on any atom is 0.323 e. The zero-order valence-corrected chi connectivity index (χ0v) is 12.5. The van der Waals surface area contributed by atoms with Gasteiger partial charge in [0.05, 0.1) is 0 Å². The van der Waals surface area contributed by atoms with Crippen LogP contribution in [0, 0.1) is 0 Å². The molecule has 1 rings (SSSR count). The largest absolute Gasteiger partial charge is 0.480 e. The van der Waals surface area contributed by atoms with Gasteiger partial charge in [0.25, 0.3) is 0 Å². The van der Waals surface area contributed by atoms with Crippen molar-refractivity contribution in [2.75, 3.05) is 39.8 Å². The van der Waals surface area contributed by atoms with Crippen LogP contribution in [0.3, 0.4) is 0 Å². The Balaban J connectivity index is 2.64. The number of amides is 2. The highest BCUT2D eigenvalue weighted by Crippen LogP contribution is 2.17. The Labute approximate surface area is 123 Å². The molecule has 0 spiro atoms. The minimum Gasteiger partial charge on any atom is -0.480 e. The number of carboxylic acids is 2. The van der Waals surface area contributed by atoms with E-state index in [1.54, 1.807) is 7.05 Å². The Hall–Kier alpha value is -1.83. The van der Waals surface area contributed by atoms with Crippen LogP contribution in [-0.2, 0) is 9.59 Å². The quantitative estimate of drug-likeness (QED) is 0.686. The zero-order chi connectivity index (χ0) is 16.0. The van der Waals surface area contributed by atoms with Gasteiger partial charge < -0.3 is 20.0 Å². The van der Waals surface area contributed by atoms with E-state index in [4.69, 9.17) is 10.2 Å². The van der Waals surface area contributed by atoms with Crippen LogP contribution < -0.4 is 0 Å². The molecule has 1 aliphatic rings. The van der Waals surface area contributed by atoms with Crippen molar-refractivity contribution in [1.82, 2.24) is 14.7 Å². The van der Waals surface area contributed by atoms with Crippen molar-refractivity contribution < 1.29 is 24.6 Å². The van der Waals surface area contributed by atoms with Gasteiger partial charge in [0, 0.05) is 19.6 Å². The number of rotatable bonds is 7. The second-order valence-corrected chi connectivity index (χ2v) is 5.23. The number of carbonyl (C=O) groups is 3. The first-order valence-corrected chi connectivity index (χ1v) is 7.02. The molecule has 0 aromatic rings. The highest BCUT2D eigenvalue weighted by molar-refractivity contribution is 5.84. The van der Waals surface area contributed by atoms with Crippen molar-refractivity contribution in [3.05, 3.63) is 0 Å². The average molecular weight is 301 g/mol. The zero-order valence-electron chi connectivity index (χ0n) is 12.5. The molecule has 0 aromatic heterocycles. The molecule has 2 N–H and O–H groups in total. The van der Waals surface area contributed by atoms with Crippen molar-refractivity contribution >= 4 is 18.0 Å². The van der Waals surface area contributed by atoms with Crippen LogP contribution in [0.1, 0.15) is 19.8 Å². The van der Waals surface area contributed by atoms with Crippen LogP contribution in [-0.4, -0.2) is 88.7 Å². The Morgan fingerprint density at radius 2 is 1.76 bits per heavy atom. The molecule has 1 heterocycles. The molecule has 0 saturated carbocycles. The van der Waals surface area contributed by atoms with E-state index in [2.05, 4.69) is 11.8 Å². The summed E-state index contributed by atoms with van der Waals surface area (Å²) >= 11 is 0. The fourth-order valence-corrected chi connectivity index (χ4v) is 2.67. The van der Waals surface area contributed by atoms with E-state index in [-0.39, 0.29) is 6.04 Å². The van der Waals surface area contributed by atoms with Gasteiger partial charge in [-0.15, -0.1) is 0 Å². The van der Waals surface area contributed by atoms with Gasteiger partial charge in [-0.3, -0.25) is 14.5 Å². The van der Waals surface area contributed by atoms with Crippen molar-refractivity contribution in [2.24, 2.45) is 0 Å². The number of likely N-dealkylation sites (tertiary alicyclic amines) is 1. The third-order valence-corrected chi connectivity index (χ3v) is 3.64. The van der Waals surface area contributed by atoms with Crippen LogP contribution >= 0.6 is 0 Å². The Bertz CT molecular complexity index is 385. The maximum absolute atomic E-state index is 12.2. The molecule has 0 bridgehead atoms. The summed E-state index contributed by atoms with van der Waals surface area (Å²) < 4.78 is 0. The van der Waals surface area contributed by atoms with Gasteiger partial charge >= 0.3 is 18.0 Å². The van der Waals surface area contributed by atoms with Crippen LogP contribution in [0.5, 0.6) is 0 Å². The second-order valence-electron chi connectivity index (χ2n) is 5.23. The summed E-state index contributed by atoms with van der Waals surface area (Å²) in [4.78, 5) is 38.2. The molecule has 1 unspecified atom stereocenters. The molecule has 1 fully saturated rings. The van der Waals surface area contributed by atoms with E-state index in [0.29, 0.717) is 6.54 Å². The lowest BCUT2D eigenvalue weighted by molar-refractivity contribution is -0.140. The van der Waals surface area contributed by atoms with E-state index in [9.17, 15) is 14.4 Å². The molecular weight excluding hydrogens is 278 g/mol. The minimum absolute atomic E-state index is 0.250. The molecule has 0 aromatic carbocycles. The number of urea groups is 1. The van der Waals surface area contributed by atoms with Crippen LogP contribution in [0.2, 0.25) is 0 Å². The maximum atomic E-state index is 12.2. The Morgan fingerprint density at radius 1 is 1.19 bits per heavy atom. The summed E-state index contributed by atoms with van der Waals surface area (Å²) in [5.41, 5.74) is 0. The SMILES string of the molecule is CCN1CCCC1CN(C)C(=O)N(CC(=O)O)CC(=O)O. The second kappa shape index (κ2) is 7.82. The molecule has 1 saturated heterocycles. The van der Waals surface area contributed by atoms with E-state index in [1.165, 1.54) is 4.90 Å². The summed E-state index contributed by atoms with van der Waals surface area (Å²) in [7, 11) is 1.57. The molecule has 1 aliphatic heterocycles. The van der Waals surface area contributed by atoms with Gasteiger partial charge in [-0.25, -0.2) is 4.79 Å². The Morgan fingerprint density at radius 3 is 2.24 bits per heavy atom. The van der Waals surface area contributed by atoms with Gasteiger partial charge in [-0.05, 0) is 25.9 Å². The number of hydrogen-bond acceptors (Lipinski definition) is 4. The molecule has 8 heteroatoms. The monoisotopic (exact) mass is 301 g/mol. The molecule has 0 radical (unpaired) electrons. The molecule has 0 aliphatic carbocycles. The molecule has 1 atom stereocenters. The number of carboxylic acid groups (broad SMARTS) is 2. The average Bonchev–Trinajstić information content (AvgIpc) is 2.83. The predicted octanol–water partition coefficient (Wildman–Crippen LogP) is -0.00630. The topological polar surface area (TPSA) is 101 Å². The van der Waals surface area contributed by atoms with Crippen molar-refractivity contribution in [3.8, 4) is 0 Å². The van der Waals surface area contributed by atoms with Crippen molar-refractivity contribution in [2.45, 2.75) is 25.8 Å². The summed E-state index contributed by atoms with van der Waals surface area (Å²) in [6.45, 7) is 3.21. The normalized spacial score (nSPS) is 18.5. The Kier molecular flexibility index (Phi) is 6.41. The fourth-order valence-electron chi connectivity index (χ4n) is 2.67. The summed E-state index contributed by atoms with van der Waals surface area (Å²) in [5, 5.41) is 17.6.